The van der Waals surface area contributed by atoms with E-state index >= 15 is 0 Å². The van der Waals surface area contributed by atoms with Crippen LogP contribution in [0.3, 0.4) is 0 Å². The molecule has 3 rings (SSSR count). The summed E-state index contributed by atoms with van der Waals surface area (Å²) in [5, 5.41) is 14.8. The number of aliphatic hydroxyl groups excluding tert-OH is 1. The molecule has 2 aromatic carbocycles. The Morgan fingerprint density at radius 1 is 0.897 bits per heavy atom. The largest absolute Gasteiger partial charge is 0.406 e. The molecule has 0 aliphatic rings. The zero-order chi connectivity index (χ0) is 21.1. The molecular formula is C24H31NO2SSi. The summed E-state index contributed by atoms with van der Waals surface area (Å²) in [5.74, 6) is 0. The molecule has 0 radical (unpaired) electrons. The molecule has 0 amide bonds. The second kappa shape index (κ2) is 8.52. The van der Waals surface area contributed by atoms with Gasteiger partial charge in [0.15, 0.2) is 0 Å². The lowest BCUT2D eigenvalue weighted by Gasteiger charge is -2.44. The van der Waals surface area contributed by atoms with Gasteiger partial charge < -0.3 is 9.53 Å². The van der Waals surface area contributed by atoms with Gasteiger partial charge in [0.25, 0.3) is 8.32 Å². The van der Waals surface area contributed by atoms with E-state index in [4.69, 9.17) is 4.43 Å². The fraction of sp³-hybridized carbons (Fsp3) is 0.375. The zero-order valence-corrected chi connectivity index (χ0v) is 19.8. The average molecular weight is 426 g/mol. The van der Waals surface area contributed by atoms with Crippen molar-refractivity contribution >= 4 is 30.0 Å². The monoisotopic (exact) mass is 425 g/mol. The lowest BCUT2D eigenvalue weighted by Crippen LogP contribution is -2.67. The van der Waals surface area contributed by atoms with Gasteiger partial charge in [-0.1, -0.05) is 95.3 Å². The molecule has 0 atom stereocenters. The number of nitrogens with zero attached hydrogens (tertiary/aromatic N) is 1. The minimum absolute atomic E-state index is 0.0256. The summed E-state index contributed by atoms with van der Waals surface area (Å²) < 4.78 is 7.07. The summed E-state index contributed by atoms with van der Waals surface area (Å²) in [5.41, 5.74) is 0.481. The molecule has 0 saturated carbocycles. The van der Waals surface area contributed by atoms with E-state index < -0.39 is 8.32 Å². The number of hydrogen-bond acceptors (Lipinski definition) is 4. The van der Waals surface area contributed by atoms with Crippen molar-refractivity contribution in [2.24, 2.45) is 0 Å². The first-order valence-electron chi connectivity index (χ1n) is 10.0. The van der Waals surface area contributed by atoms with Crippen LogP contribution in [-0.2, 0) is 16.4 Å². The fourth-order valence-electron chi connectivity index (χ4n) is 3.80. The van der Waals surface area contributed by atoms with Crippen molar-refractivity contribution in [1.82, 2.24) is 4.98 Å². The van der Waals surface area contributed by atoms with Gasteiger partial charge in [-0.3, -0.25) is 0 Å². The van der Waals surface area contributed by atoms with E-state index in [-0.39, 0.29) is 17.1 Å². The Balaban J connectivity index is 2.06. The predicted molar refractivity (Wildman–Crippen MR) is 125 cm³/mol. The van der Waals surface area contributed by atoms with Gasteiger partial charge in [0.2, 0.25) is 0 Å². The average Bonchev–Trinajstić information content (AvgIpc) is 3.19. The summed E-state index contributed by atoms with van der Waals surface area (Å²) in [6.07, 6.45) is 0. The van der Waals surface area contributed by atoms with Crippen LogP contribution in [0.5, 0.6) is 0 Å². The first kappa shape index (κ1) is 21.9. The van der Waals surface area contributed by atoms with E-state index in [2.05, 4.69) is 100 Å². The van der Waals surface area contributed by atoms with Crippen molar-refractivity contribution in [2.75, 3.05) is 6.61 Å². The van der Waals surface area contributed by atoms with Crippen molar-refractivity contribution < 1.29 is 9.53 Å². The molecule has 5 heteroatoms. The second-order valence-corrected chi connectivity index (χ2v) is 14.3. The van der Waals surface area contributed by atoms with Crippen molar-refractivity contribution in [3.8, 4) is 0 Å². The molecule has 29 heavy (non-hydrogen) atoms. The Morgan fingerprint density at radius 3 is 1.83 bits per heavy atom. The van der Waals surface area contributed by atoms with Gasteiger partial charge >= 0.3 is 0 Å². The second-order valence-electron chi connectivity index (χ2n) is 9.14. The highest BCUT2D eigenvalue weighted by atomic mass is 32.1. The third-order valence-corrected chi connectivity index (χ3v) is 11.6. The summed E-state index contributed by atoms with van der Waals surface area (Å²) in [6.45, 7) is 11.8. The van der Waals surface area contributed by atoms with Crippen LogP contribution in [-0.4, -0.2) is 25.0 Å². The van der Waals surface area contributed by atoms with E-state index in [1.165, 1.54) is 10.4 Å². The van der Waals surface area contributed by atoms with Crippen molar-refractivity contribution in [3.05, 3.63) is 76.7 Å². The van der Waals surface area contributed by atoms with E-state index in [1.807, 2.05) is 5.38 Å². The van der Waals surface area contributed by atoms with Crippen LogP contribution in [0.15, 0.2) is 66.0 Å². The first-order valence-corrected chi connectivity index (χ1v) is 12.8. The summed E-state index contributed by atoms with van der Waals surface area (Å²) >= 11 is 1.60. The van der Waals surface area contributed by atoms with E-state index in [0.29, 0.717) is 6.61 Å². The van der Waals surface area contributed by atoms with Gasteiger partial charge in [-0.15, -0.1) is 11.3 Å². The highest BCUT2D eigenvalue weighted by Crippen LogP contribution is 2.38. The van der Waals surface area contributed by atoms with Crippen LogP contribution in [0.25, 0.3) is 0 Å². The molecule has 0 unspecified atom stereocenters. The van der Waals surface area contributed by atoms with Crippen molar-refractivity contribution in [1.29, 1.82) is 0 Å². The van der Waals surface area contributed by atoms with Gasteiger partial charge in [-0.2, -0.15) is 0 Å². The van der Waals surface area contributed by atoms with Crippen LogP contribution in [0.2, 0.25) is 5.04 Å². The van der Waals surface area contributed by atoms with E-state index in [1.54, 1.807) is 11.3 Å². The smallest absolute Gasteiger partial charge is 0.261 e. The van der Waals surface area contributed by atoms with Gasteiger partial charge in [0.1, 0.15) is 5.01 Å². The Bertz CT molecular complexity index is 877. The van der Waals surface area contributed by atoms with Crippen LogP contribution in [0.1, 0.15) is 45.3 Å². The quantitative estimate of drug-likeness (QED) is 0.567. The number of aliphatic hydroxyl groups is 1. The molecule has 154 valence electrons. The third-order valence-electron chi connectivity index (χ3n) is 5.36. The Labute approximate surface area is 179 Å². The maximum Gasteiger partial charge on any atom is 0.261 e. The minimum atomic E-state index is -2.57. The molecule has 0 aliphatic heterocycles. The lowest BCUT2D eigenvalue weighted by atomic mass is 9.96. The van der Waals surface area contributed by atoms with Gasteiger partial charge in [0, 0.05) is 17.4 Å². The fourth-order valence-corrected chi connectivity index (χ4v) is 9.46. The predicted octanol–water partition coefficient (Wildman–Crippen LogP) is 4.49. The summed E-state index contributed by atoms with van der Waals surface area (Å²) in [4.78, 5) is 4.61. The van der Waals surface area contributed by atoms with Crippen LogP contribution in [0, 0.1) is 0 Å². The molecule has 0 bridgehead atoms. The molecule has 3 nitrogen and oxygen atoms in total. The maximum absolute atomic E-state index is 9.40. The van der Waals surface area contributed by atoms with Crippen LogP contribution >= 0.6 is 11.3 Å². The minimum Gasteiger partial charge on any atom is -0.406 e. The lowest BCUT2D eigenvalue weighted by molar-refractivity contribution is 0.225. The number of thiazole rings is 1. The molecular weight excluding hydrogens is 394 g/mol. The number of hydrogen-bond donors (Lipinski definition) is 1. The van der Waals surface area contributed by atoms with Gasteiger partial charge in [-0.25, -0.2) is 4.98 Å². The Morgan fingerprint density at radius 2 is 1.41 bits per heavy atom. The molecule has 1 N–H and O–H groups in total. The summed E-state index contributed by atoms with van der Waals surface area (Å²) in [6, 6.07) is 21.4. The summed E-state index contributed by atoms with van der Waals surface area (Å²) in [7, 11) is -2.57. The maximum atomic E-state index is 9.40. The number of aromatic nitrogens is 1. The molecule has 1 aromatic heterocycles. The SMILES string of the molecule is CC(C)(CO[Si](c1ccccc1)(c1ccccc1)C(C)(C)C)c1nc(CO)cs1. The molecule has 0 fully saturated rings. The van der Waals surface area contributed by atoms with Crippen molar-refractivity contribution in [3.63, 3.8) is 0 Å². The highest BCUT2D eigenvalue weighted by Gasteiger charge is 2.51. The standard InChI is InChI=1S/C24H31NO2SSi/c1-23(2,3)29(20-12-8-6-9-13-20,21-14-10-7-11-15-21)27-18-24(4,5)22-25-19(16-26)17-28-22/h6-15,17,26H,16,18H2,1-5H3. The Kier molecular flexibility index (Phi) is 6.44. The molecule has 0 aliphatic carbocycles. The van der Waals surface area contributed by atoms with E-state index in [0.717, 1.165) is 10.7 Å². The Hall–Kier alpha value is -1.79. The molecule has 3 aromatic rings. The van der Waals surface area contributed by atoms with Crippen LogP contribution < -0.4 is 10.4 Å². The topological polar surface area (TPSA) is 42.4 Å². The van der Waals surface area contributed by atoms with Crippen molar-refractivity contribution in [2.45, 2.75) is 51.7 Å². The molecule has 0 spiro atoms. The third kappa shape index (κ3) is 4.38. The number of rotatable bonds is 7. The zero-order valence-electron chi connectivity index (χ0n) is 18.0. The normalized spacial score (nSPS) is 12.9. The van der Waals surface area contributed by atoms with Crippen LogP contribution in [0.4, 0.5) is 0 Å². The first-order chi connectivity index (χ1) is 13.7. The van der Waals surface area contributed by atoms with Gasteiger partial charge in [0.05, 0.1) is 12.3 Å². The van der Waals surface area contributed by atoms with E-state index in [9.17, 15) is 5.11 Å². The highest BCUT2D eigenvalue weighted by molar-refractivity contribution is 7.09. The van der Waals surface area contributed by atoms with Gasteiger partial charge in [-0.05, 0) is 15.4 Å². The number of benzene rings is 2. The molecule has 1 heterocycles. The molecule has 0 saturated heterocycles.